The van der Waals surface area contributed by atoms with Crippen LogP contribution in [0.15, 0.2) is 54.6 Å². The largest absolute Gasteiger partial charge is 0.416 e. The maximum Gasteiger partial charge on any atom is 0.416 e. The third kappa shape index (κ3) is 4.83. The second kappa shape index (κ2) is 7.49. The predicted molar refractivity (Wildman–Crippen MR) is 86.6 cm³/mol. The molecule has 0 saturated heterocycles. The van der Waals surface area contributed by atoms with Crippen LogP contribution in [0.25, 0.3) is 0 Å². The molecule has 24 heavy (non-hydrogen) atoms. The Labute approximate surface area is 139 Å². The van der Waals surface area contributed by atoms with Crippen LogP contribution in [0.3, 0.4) is 0 Å². The Morgan fingerprint density at radius 2 is 1.62 bits per heavy atom. The summed E-state index contributed by atoms with van der Waals surface area (Å²) in [5.74, 6) is -0.403. The van der Waals surface area contributed by atoms with Gasteiger partial charge in [-0.3, -0.25) is 4.79 Å². The van der Waals surface area contributed by atoms with Gasteiger partial charge in [-0.15, -0.1) is 0 Å². The number of rotatable bonds is 5. The lowest BCUT2D eigenvalue weighted by Crippen LogP contribution is -2.35. The van der Waals surface area contributed by atoms with Crippen molar-refractivity contribution in [3.8, 4) is 0 Å². The van der Waals surface area contributed by atoms with E-state index in [0.717, 1.165) is 17.7 Å². The van der Waals surface area contributed by atoms with Crippen molar-refractivity contribution in [1.82, 2.24) is 10.2 Å². The molecule has 6 heteroatoms. The van der Waals surface area contributed by atoms with E-state index in [0.29, 0.717) is 6.54 Å². The third-order valence-corrected chi connectivity index (χ3v) is 3.53. The van der Waals surface area contributed by atoms with Crippen LogP contribution < -0.4 is 5.32 Å². The highest BCUT2D eigenvalue weighted by Gasteiger charge is 2.30. The molecule has 0 saturated carbocycles. The molecular formula is C18H19F3N2O. The van der Waals surface area contributed by atoms with E-state index >= 15 is 0 Å². The number of likely N-dealkylation sites (N-methyl/N-ethyl adjacent to an activating group) is 1. The molecule has 1 N–H and O–H groups in total. The van der Waals surface area contributed by atoms with Crippen LogP contribution in [0.2, 0.25) is 0 Å². The van der Waals surface area contributed by atoms with Crippen LogP contribution in [0, 0.1) is 0 Å². The van der Waals surface area contributed by atoms with Crippen molar-refractivity contribution in [2.75, 3.05) is 20.6 Å². The fraction of sp³-hybridized carbons (Fsp3) is 0.278. The molecule has 0 aromatic heterocycles. The van der Waals surface area contributed by atoms with Crippen molar-refractivity contribution < 1.29 is 18.0 Å². The first-order valence-electron chi connectivity index (χ1n) is 7.45. The molecule has 3 nitrogen and oxygen atoms in total. The molecule has 0 bridgehead atoms. The molecule has 0 heterocycles. The fourth-order valence-corrected chi connectivity index (χ4v) is 2.34. The van der Waals surface area contributed by atoms with Gasteiger partial charge in [-0.05, 0) is 43.9 Å². The summed E-state index contributed by atoms with van der Waals surface area (Å²) in [7, 11) is 3.78. The van der Waals surface area contributed by atoms with Crippen molar-refractivity contribution in [3.05, 3.63) is 71.3 Å². The Morgan fingerprint density at radius 1 is 1.04 bits per heavy atom. The van der Waals surface area contributed by atoms with E-state index in [1.807, 2.05) is 49.3 Å². The molecular weight excluding hydrogens is 317 g/mol. The van der Waals surface area contributed by atoms with E-state index in [-0.39, 0.29) is 11.6 Å². The molecule has 0 radical (unpaired) electrons. The van der Waals surface area contributed by atoms with Gasteiger partial charge in [0.1, 0.15) is 0 Å². The van der Waals surface area contributed by atoms with E-state index in [1.165, 1.54) is 12.1 Å². The third-order valence-electron chi connectivity index (χ3n) is 3.53. The normalized spacial score (nSPS) is 12.9. The second-order valence-electron chi connectivity index (χ2n) is 5.77. The minimum absolute atomic E-state index is 0.197. The molecule has 2 aromatic rings. The van der Waals surface area contributed by atoms with Crippen LogP contribution in [0.4, 0.5) is 13.2 Å². The van der Waals surface area contributed by atoms with E-state index in [1.54, 1.807) is 0 Å². The molecule has 1 atom stereocenters. The number of hydrogen-bond donors (Lipinski definition) is 1. The number of carbonyl (C=O) groups is 1. The van der Waals surface area contributed by atoms with Crippen LogP contribution in [0.1, 0.15) is 27.5 Å². The standard InChI is InChI=1S/C18H19F3N2O/c1-23(2)12-16(13-6-4-3-5-7-13)22-17(24)14-8-10-15(11-9-14)18(19,20)21/h3-11,16H,12H2,1-2H3,(H,22,24)/t16-/m1/s1. The number of hydrogen-bond acceptors (Lipinski definition) is 2. The minimum atomic E-state index is -4.41. The maximum atomic E-state index is 12.6. The minimum Gasteiger partial charge on any atom is -0.344 e. The summed E-state index contributed by atoms with van der Waals surface area (Å²) in [6.45, 7) is 0.580. The zero-order valence-corrected chi connectivity index (χ0v) is 13.5. The highest BCUT2D eigenvalue weighted by Crippen LogP contribution is 2.29. The number of nitrogens with zero attached hydrogens (tertiary/aromatic N) is 1. The van der Waals surface area contributed by atoms with Gasteiger partial charge >= 0.3 is 6.18 Å². The first kappa shape index (κ1) is 18.0. The summed E-state index contributed by atoms with van der Waals surface area (Å²) in [5.41, 5.74) is 0.362. The quantitative estimate of drug-likeness (QED) is 0.902. The molecule has 0 unspecified atom stereocenters. The lowest BCUT2D eigenvalue weighted by Gasteiger charge is -2.23. The number of nitrogens with one attached hydrogen (secondary N) is 1. The lowest BCUT2D eigenvalue weighted by molar-refractivity contribution is -0.137. The summed E-state index contributed by atoms with van der Waals surface area (Å²) in [4.78, 5) is 14.3. The van der Waals surface area contributed by atoms with Gasteiger partial charge in [-0.25, -0.2) is 0 Å². The number of carbonyl (C=O) groups excluding carboxylic acids is 1. The molecule has 1 amide bonds. The number of alkyl halides is 3. The van der Waals surface area contributed by atoms with Gasteiger partial charge < -0.3 is 10.2 Å². The van der Waals surface area contributed by atoms with Gasteiger partial charge in [0, 0.05) is 12.1 Å². The van der Waals surface area contributed by atoms with Crippen molar-refractivity contribution >= 4 is 5.91 Å². The van der Waals surface area contributed by atoms with Gasteiger partial charge in [0.2, 0.25) is 0 Å². The van der Waals surface area contributed by atoms with Gasteiger partial charge in [0.25, 0.3) is 5.91 Å². The van der Waals surface area contributed by atoms with Crippen LogP contribution in [-0.4, -0.2) is 31.4 Å². The zero-order valence-electron chi connectivity index (χ0n) is 13.5. The van der Waals surface area contributed by atoms with E-state index < -0.39 is 17.6 Å². The average Bonchev–Trinajstić information content (AvgIpc) is 2.54. The number of benzene rings is 2. The highest BCUT2D eigenvalue weighted by atomic mass is 19.4. The molecule has 2 aromatic carbocycles. The maximum absolute atomic E-state index is 12.6. The predicted octanol–water partition coefficient (Wildman–Crippen LogP) is 3.74. The first-order chi connectivity index (χ1) is 11.3. The van der Waals surface area contributed by atoms with Gasteiger partial charge in [0.15, 0.2) is 0 Å². The topological polar surface area (TPSA) is 32.3 Å². The van der Waals surface area contributed by atoms with Gasteiger partial charge in [0.05, 0.1) is 11.6 Å². The van der Waals surface area contributed by atoms with Gasteiger partial charge in [-0.2, -0.15) is 13.2 Å². The van der Waals surface area contributed by atoms with Crippen molar-refractivity contribution in [2.24, 2.45) is 0 Å². The van der Waals surface area contributed by atoms with E-state index in [9.17, 15) is 18.0 Å². The Bertz CT molecular complexity index is 667. The summed E-state index contributed by atoms with van der Waals surface area (Å²) in [6.07, 6.45) is -4.41. The highest BCUT2D eigenvalue weighted by molar-refractivity contribution is 5.94. The molecule has 0 spiro atoms. The van der Waals surface area contributed by atoms with E-state index in [2.05, 4.69) is 5.32 Å². The Morgan fingerprint density at radius 3 is 2.12 bits per heavy atom. The molecule has 0 aliphatic heterocycles. The van der Waals surface area contributed by atoms with Crippen molar-refractivity contribution in [3.63, 3.8) is 0 Å². The summed E-state index contributed by atoms with van der Waals surface area (Å²) >= 11 is 0. The molecule has 0 aliphatic rings. The first-order valence-corrected chi connectivity index (χ1v) is 7.45. The van der Waals surface area contributed by atoms with Crippen molar-refractivity contribution in [1.29, 1.82) is 0 Å². The average molecular weight is 336 g/mol. The second-order valence-corrected chi connectivity index (χ2v) is 5.77. The fourth-order valence-electron chi connectivity index (χ4n) is 2.34. The summed E-state index contributed by atoms with van der Waals surface area (Å²) in [6, 6.07) is 13.4. The van der Waals surface area contributed by atoms with Gasteiger partial charge in [-0.1, -0.05) is 30.3 Å². The van der Waals surface area contributed by atoms with Crippen LogP contribution in [-0.2, 0) is 6.18 Å². The SMILES string of the molecule is CN(C)C[C@@H](NC(=O)c1ccc(C(F)(F)F)cc1)c1ccccc1. The number of amides is 1. The van der Waals surface area contributed by atoms with E-state index in [4.69, 9.17) is 0 Å². The van der Waals surface area contributed by atoms with Crippen LogP contribution in [0.5, 0.6) is 0 Å². The van der Waals surface area contributed by atoms with Crippen LogP contribution >= 0.6 is 0 Å². The zero-order chi connectivity index (χ0) is 17.7. The molecule has 2 rings (SSSR count). The lowest BCUT2D eigenvalue weighted by atomic mass is 10.1. The summed E-state index contributed by atoms with van der Waals surface area (Å²) in [5, 5.41) is 2.88. The van der Waals surface area contributed by atoms with Crippen molar-refractivity contribution in [2.45, 2.75) is 12.2 Å². The monoisotopic (exact) mass is 336 g/mol. The smallest absolute Gasteiger partial charge is 0.344 e. The Kier molecular flexibility index (Phi) is 5.62. The number of halogens is 3. The molecule has 0 fully saturated rings. The molecule has 128 valence electrons. The Hall–Kier alpha value is -2.34. The molecule has 0 aliphatic carbocycles. The Balaban J connectivity index is 2.15. The summed E-state index contributed by atoms with van der Waals surface area (Å²) < 4.78 is 37.8.